The van der Waals surface area contributed by atoms with Crippen molar-refractivity contribution in [2.24, 2.45) is 27.1 Å². The predicted octanol–water partition coefficient (Wildman–Crippen LogP) is 11.7. The third-order valence-electron chi connectivity index (χ3n) is 5.41. The lowest BCUT2D eigenvalue weighted by Gasteiger charge is -2.26. The van der Waals surface area contributed by atoms with Gasteiger partial charge in [0.25, 0.3) is 0 Å². The fourth-order valence-corrected chi connectivity index (χ4v) is 4.37. The Balaban J connectivity index is -0.000000180. The molecule has 0 unspecified atom stereocenters. The van der Waals surface area contributed by atoms with Gasteiger partial charge in [-0.15, -0.1) is 0 Å². The summed E-state index contributed by atoms with van der Waals surface area (Å²) in [6.07, 6.45) is 7.74. The first kappa shape index (κ1) is 54.5. The van der Waals surface area contributed by atoms with Crippen molar-refractivity contribution in [2.45, 2.75) is 139 Å². The van der Waals surface area contributed by atoms with Gasteiger partial charge in [-0.25, -0.2) is 0 Å². The zero-order valence-electron chi connectivity index (χ0n) is 30.5. The van der Waals surface area contributed by atoms with E-state index in [1.165, 1.54) is 18.6 Å². The zero-order valence-corrected chi connectivity index (χ0v) is 32.1. The number of morpholine rings is 1. The highest BCUT2D eigenvalue weighted by atomic mass is 33.1. The Bertz CT molecular complexity index is 814. The van der Waals surface area contributed by atoms with Crippen LogP contribution >= 0.6 is 21.6 Å². The highest BCUT2D eigenvalue weighted by molar-refractivity contribution is 8.77. The molecule has 0 bridgehead atoms. The van der Waals surface area contributed by atoms with Crippen LogP contribution in [0.2, 0.25) is 0 Å². The normalized spacial score (nSPS) is 14.4. The van der Waals surface area contributed by atoms with Crippen LogP contribution in [0.1, 0.15) is 139 Å². The molecule has 1 saturated heterocycles. The number of esters is 2. The van der Waals surface area contributed by atoms with E-state index in [1.54, 1.807) is 0 Å². The first-order valence-corrected chi connectivity index (χ1v) is 18.0. The quantitative estimate of drug-likeness (QED) is 0.102. The number of allylic oxidation sites excluding steroid dienone is 2. The van der Waals surface area contributed by atoms with Crippen molar-refractivity contribution >= 4 is 33.5 Å². The van der Waals surface area contributed by atoms with Gasteiger partial charge in [-0.2, -0.15) is 0 Å². The molecular weight excluding hydrogens is 615 g/mol. The van der Waals surface area contributed by atoms with Gasteiger partial charge in [0.05, 0.1) is 36.9 Å². The van der Waals surface area contributed by atoms with Crippen molar-refractivity contribution in [2.75, 3.05) is 45.2 Å². The second kappa shape index (κ2) is 26.0. The van der Waals surface area contributed by atoms with Crippen LogP contribution in [0.15, 0.2) is 23.8 Å². The molecular formula is C38H79NO5S2. The molecule has 1 fully saturated rings. The molecule has 0 atom stereocenters. The molecule has 0 radical (unpaired) electrons. The van der Waals surface area contributed by atoms with Gasteiger partial charge in [0.1, 0.15) is 0 Å². The molecule has 8 heteroatoms. The smallest absolute Gasteiger partial charge is 0.316 e. The summed E-state index contributed by atoms with van der Waals surface area (Å²) < 4.78 is 15.4. The Morgan fingerprint density at radius 1 is 0.696 bits per heavy atom. The predicted molar refractivity (Wildman–Crippen MR) is 209 cm³/mol. The van der Waals surface area contributed by atoms with Crippen molar-refractivity contribution in [3.8, 4) is 0 Å². The minimum atomic E-state index is -0.425. The number of hydrogen-bond acceptors (Lipinski definition) is 8. The SMILES string of the molecule is C.C.C.CC(C)(C)C/C=C\OC(=O)C(C)(C)C.CC(C)(C)C/C=C\SSCCN1CCOCC1.CC(C)(C)COC(=O)C(C)(C)C. The number of nitrogens with zero attached hydrogens (tertiary/aromatic N) is 1. The van der Waals surface area contributed by atoms with Gasteiger partial charge in [-0.3, -0.25) is 14.5 Å². The van der Waals surface area contributed by atoms with Gasteiger partial charge in [0.15, 0.2) is 0 Å². The van der Waals surface area contributed by atoms with E-state index < -0.39 is 5.41 Å². The average Bonchev–Trinajstić information content (AvgIpc) is 2.83. The molecule has 0 aromatic heterocycles. The second-order valence-corrected chi connectivity index (χ2v) is 19.1. The van der Waals surface area contributed by atoms with Gasteiger partial charge in [-0.1, -0.05) is 112 Å². The molecule has 0 saturated carbocycles. The van der Waals surface area contributed by atoms with Gasteiger partial charge < -0.3 is 14.2 Å². The molecule has 0 N–H and O–H groups in total. The minimum Gasteiger partial charge on any atom is -0.465 e. The van der Waals surface area contributed by atoms with E-state index in [4.69, 9.17) is 14.2 Å². The van der Waals surface area contributed by atoms with Gasteiger partial charge >= 0.3 is 11.9 Å². The molecule has 1 aliphatic rings. The maximum atomic E-state index is 11.3. The first-order chi connectivity index (χ1) is 19.3. The Hall–Kier alpha value is -0.960. The fourth-order valence-electron chi connectivity index (χ4n) is 2.71. The Morgan fingerprint density at radius 3 is 1.57 bits per heavy atom. The molecule has 0 aromatic rings. The number of ether oxygens (including phenoxy) is 3. The second-order valence-electron chi connectivity index (χ2n) is 16.7. The molecule has 1 heterocycles. The van der Waals surface area contributed by atoms with Crippen LogP contribution in [0.4, 0.5) is 0 Å². The number of carbonyl (C=O) groups excluding carboxylic acids is 2. The number of rotatable bonds is 9. The third-order valence-corrected chi connectivity index (χ3v) is 7.44. The molecule has 0 amide bonds. The topological polar surface area (TPSA) is 65.1 Å². The van der Waals surface area contributed by atoms with Gasteiger partial charge in [0, 0.05) is 25.4 Å². The first-order valence-electron chi connectivity index (χ1n) is 15.6. The molecule has 1 aliphatic heterocycles. The van der Waals surface area contributed by atoms with E-state index in [0.29, 0.717) is 12.0 Å². The zero-order chi connectivity index (χ0) is 34.0. The van der Waals surface area contributed by atoms with E-state index in [2.05, 4.69) is 57.9 Å². The van der Waals surface area contributed by atoms with Crippen molar-refractivity contribution in [3.63, 3.8) is 0 Å². The van der Waals surface area contributed by atoms with Crippen LogP contribution in [0, 0.1) is 27.1 Å². The Kier molecular flexibility index (Phi) is 30.8. The molecule has 0 spiro atoms. The lowest BCUT2D eigenvalue weighted by molar-refractivity contribution is -0.155. The summed E-state index contributed by atoms with van der Waals surface area (Å²) in [5.74, 6) is 0.880. The lowest BCUT2D eigenvalue weighted by atomic mass is 9.92. The van der Waals surface area contributed by atoms with Gasteiger partial charge in [0.2, 0.25) is 0 Å². The van der Waals surface area contributed by atoms with Crippen molar-refractivity contribution < 1.29 is 23.8 Å². The van der Waals surface area contributed by atoms with Crippen LogP contribution in [-0.4, -0.2) is 62.0 Å². The van der Waals surface area contributed by atoms with Crippen LogP contribution < -0.4 is 0 Å². The number of hydrogen-bond donors (Lipinski definition) is 0. The molecule has 6 nitrogen and oxygen atoms in total. The molecule has 0 aliphatic carbocycles. The van der Waals surface area contributed by atoms with Crippen molar-refractivity contribution in [1.29, 1.82) is 0 Å². The summed E-state index contributed by atoms with van der Waals surface area (Å²) in [7, 11) is 3.81. The van der Waals surface area contributed by atoms with Crippen molar-refractivity contribution in [1.82, 2.24) is 4.90 Å². The summed E-state index contributed by atoms with van der Waals surface area (Å²) >= 11 is 0. The summed E-state index contributed by atoms with van der Waals surface area (Å²) in [4.78, 5) is 25.1. The third kappa shape index (κ3) is 39.2. The highest BCUT2D eigenvalue weighted by Gasteiger charge is 2.25. The Labute approximate surface area is 296 Å². The van der Waals surface area contributed by atoms with Crippen molar-refractivity contribution in [3.05, 3.63) is 23.8 Å². The maximum absolute atomic E-state index is 11.3. The highest BCUT2D eigenvalue weighted by Crippen LogP contribution is 2.25. The molecule has 46 heavy (non-hydrogen) atoms. The Morgan fingerprint density at radius 2 is 1.15 bits per heavy atom. The van der Waals surface area contributed by atoms with Gasteiger partial charge in [-0.05, 0) is 82.1 Å². The minimum absolute atomic E-state index is 0. The summed E-state index contributed by atoms with van der Waals surface area (Å²) in [6, 6.07) is 0. The van der Waals surface area contributed by atoms with E-state index in [0.717, 1.165) is 39.1 Å². The maximum Gasteiger partial charge on any atom is 0.316 e. The fraction of sp³-hybridized carbons (Fsp3) is 0.842. The summed E-state index contributed by atoms with van der Waals surface area (Å²) in [5.41, 5.74) is -0.0988. The number of carbonyl (C=O) groups is 2. The van der Waals surface area contributed by atoms with Crippen LogP contribution in [-0.2, 0) is 23.8 Å². The summed E-state index contributed by atoms with van der Waals surface area (Å²) in [5, 5.41) is 2.23. The lowest BCUT2D eigenvalue weighted by Crippen LogP contribution is -2.37. The largest absolute Gasteiger partial charge is 0.465 e. The molecule has 0 aromatic carbocycles. The molecule has 278 valence electrons. The van der Waals surface area contributed by atoms with E-state index in [-0.39, 0.29) is 50.5 Å². The van der Waals surface area contributed by atoms with E-state index in [9.17, 15) is 9.59 Å². The summed E-state index contributed by atoms with van der Waals surface area (Å²) in [6.45, 7) is 36.2. The monoisotopic (exact) mass is 694 g/mol. The van der Waals surface area contributed by atoms with Crippen LogP contribution in [0.3, 0.4) is 0 Å². The van der Waals surface area contributed by atoms with Crippen LogP contribution in [0.5, 0.6) is 0 Å². The van der Waals surface area contributed by atoms with Crippen LogP contribution in [0.25, 0.3) is 0 Å². The average molecular weight is 694 g/mol. The van der Waals surface area contributed by atoms with E-state index >= 15 is 0 Å². The standard InChI is InChI=1S/C13H25NOS2.C12H22O2.C10H20O2.3CH4/c1-13(2,3)5-4-11-16-17-12-8-14-6-9-15-10-7-14;1-11(2,3)8-7-9-14-10(13)12(4,5)6;1-9(2,3)7-12-8(11)10(4,5)6;;;/h4,11H,5-10,12H2,1-3H3;7,9H,8H2,1-6H3;7H2,1-6H3;3*1H4/b11-4-;9-7-;;;;. The molecule has 1 rings (SSSR count). The van der Waals surface area contributed by atoms with E-state index in [1.807, 2.05) is 90.0 Å².